The van der Waals surface area contributed by atoms with Gasteiger partial charge in [0.05, 0.1) is 16.2 Å². The van der Waals surface area contributed by atoms with Crippen LogP contribution in [0.25, 0.3) is 0 Å². The van der Waals surface area contributed by atoms with Crippen LogP contribution in [0.15, 0.2) is 11.2 Å². The molecule has 0 aliphatic rings. The number of halogens is 1. The zero-order valence-corrected chi connectivity index (χ0v) is 12.7. The summed E-state index contributed by atoms with van der Waals surface area (Å²) in [4.78, 5) is 0.271. The summed E-state index contributed by atoms with van der Waals surface area (Å²) in [5.74, 6) is -0.216. The Morgan fingerprint density at radius 1 is 1.72 bits per heavy atom. The summed E-state index contributed by atoms with van der Waals surface area (Å²) in [7, 11) is -0.730. The highest BCUT2D eigenvalue weighted by Gasteiger charge is 2.28. The van der Waals surface area contributed by atoms with E-state index in [1.54, 1.807) is 6.92 Å². The highest BCUT2D eigenvalue weighted by molar-refractivity contribution is 7.89. The van der Waals surface area contributed by atoms with Gasteiger partial charge in [0.1, 0.15) is 0 Å². The van der Waals surface area contributed by atoms with E-state index in [1.165, 1.54) is 29.3 Å². The molecule has 0 spiro atoms. The molecule has 0 radical (unpaired) electrons. The Kier molecular flexibility index (Phi) is 4.71. The van der Waals surface area contributed by atoms with E-state index in [1.807, 2.05) is 0 Å². The molecule has 0 aliphatic carbocycles. The Bertz CT molecular complexity index is 535. The first-order chi connectivity index (χ1) is 8.17. The van der Waals surface area contributed by atoms with Crippen molar-refractivity contribution in [2.24, 2.45) is 18.7 Å². The van der Waals surface area contributed by atoms with Gasteiger partial charge < -0.3 is 5.73 Å². The molecule has 0 fully saturated rings. The molecule has 9 heteroatoms. The fourth-order valence-corrected chi connectivity index (χ4v) is 3.34. The van der Waals surface area contributed by atoms with Gasteiger partial charge in [-0.25, -0.2) is 8.42 Å². The van der Waals surface area contributed by atoms with E-state index in [0.29, 0.717) is 0 Å². The van der Waals surface area contributed by atoms with Crippen molar-refractivity contribution in [2.75, 3.05) is 13.6 Å². The Morgan fingerprint density at radius 3 is 2.67 bits per heavy atom. The Morgan fingerprint density at radius 2 is 2.28 bits per heavy atom. The highest BCUT2D eigenvalue weighted by Crippen LogP contribution is 2.23. The first kappa shape index (κ1) is 15.4. The van der Waals surface area contributed by atoms with Gasteiger partial charge in [-0.05, 0) is 0 Å². The van der Waals surface area contributed by atoms with Crippen LogP contribution >= 0.6 is 23.8 Å². The average molecular weight is 311 g/mol. The van der Waals surface area contributed by atoms with Crippen LogP contribution in [0.1, 0.15) is 6.92 Å². The van der Waals surface area contributed by atoms with Crippen molar-refractivity contribution < 1.29 is 8.42 Å². The largest absolute Gasteiger partial charge is 0.393 e. The van der Waals surface area contributed by atoms with Crippen molar-refractivity contribution in [3.05, 3.63) is 11.2 Å². The molecular weight excluding hydrogens is 296 g/mol. The van der Waals surface area contributed by atoms with E-state index in [4.69, 9.17) is 29.6 Å². The molecule has 0 aliphatic heterocycles. The monoisotopic (exact) mass is 310 g/mol. The van der Waals surface area contributed by atoms with E-state index < -0.39 is 10.0 Å². The van der Waals surface area contributed by atoms with Gasteiger partial charge in [0.25, 0.3) is 10.0 Å². The SMILES string of the molecule is CC(CN(C)S(=O)(=O)c1c(Cl)cnn1C)C(N)=S. The van der Waals surface area contributed by atoms with Crippen LogP contribution in [0.2, 0.25) is 5.02 Å². The maximum atomic E-state index is 12.3. The fourth-order valence-electron chi connectivity index (χ4n) is 1.41. The number of hydrogen-bond acceptors (Lipinski definition) is 4. The number of nitrogens with zero attached hydrogens (tertiary/aromatic N) is 3. The number of aryl methyl sites for hydroxylation is 1. The van der Waals surface area contributed by atoms with Gasteiger partial charge >= 0.3 is 0 Å². The van der Waals surface area contributed by atoms with Crippen LogP contribution in [0, 0.1) is 5.92 Å². The van der Waals surface area contributed by atoms with Gasteiger partial charge in [-0.1, -0.05) is 30.7 Å². The van der Waals surface area contributed by atoms with E-state index in [2.05, 4.69) is 5.10 Å². The second kappa shape index (κ2) is 5.52. The maximum absolute atomic E-state index is 12.3. The summed E-state index contributed by atoms with van der Waals surface area (Å²) in [6, 6.07) is 0. The van der Waals surface area contributed by atoms with Gasteiger partial charge in [-0.15, -0.1) is 0 Å². The Balaban J connectivity index is 3.05. The van der Waals surface area contributed by atoms with E-state index >= 15 is 0 Å². The molecule has 6 nitrogen and oxygen atoms in total. The van der Waals surface area contributed by atoms with E-state index in [0.717, 1.165) is 0 Å². The minimum atomic E-state index is -3.70. The predicted molar refractivity (Wildman–Crippen MR) is 74.0 cm³/mol. The van der Waals surface area contributed by atoms with Crippen LogP contribution in [0.5, 0.6) is 0 Å². The summed E-state index contributed by atoms with van der Waals surface area (Å²) in [6.07, 6.45) is 1.29. The molecule has 18 heavy (non-hydrogen) atoms. The molecule has 0 saturated heterocycles. The molecule has 1 aromatic rings. The van der Waals surface area contributed by atoms with Gasteiger partial charge in [0.2, 0.25) is 0 Å². The van der Waals surface area contributed by atoms with Crippen molar-refractivity contribution in [1.29, 1.82) is 0 Å². The third-order valence-corrected chi connectivity index (χ3v) is 5.25. The molecule has 1 rings (SSSR count). The van der Waals surface area contributed by atoms with Crippen LogP contribution in [-0.2, 0) is 17.1 Å². The van der Waals surface area contributed by atoms with Crippen molar-refractivity contribution >= 4 is 38.8 Å². The highest BCUT2D eigenvalue weighted by atomic mass is 35.5. The quantitative estimate of drug-likeness (QED) is 0.806. The topological polar surface area (TPSA) is 81.2 Å². The van der Waals surface area contributed by atoms with Crippen molar-refractivity contribution in [2.45, 2.75) is 11.9 Å². The molecule has 1 unspecified atom stereocenters. The zero-order valence-electron chi connectivity index (χ0n) is 10.3. The van der Waals surface area contributed by atoms with Crippen molar-refractivity contribution in [1.82, 2.24) is 14.1 Å². The van der Waals surface area contributed by atoms with E-state index in [-0.39, 0.29) is 27.5 Å². The zero-order chi connectivity index (χ0) is 14.1. The number of nitrogens with two attached hydrogens (primary N) is 1. The minimum absolute atomic E-state index is 0.0400. The Labute approximate surface area is 117 Å². The molecule has 0 saturated carbocycles. The van der Waals surface area contributed by atoms with E-state index in [9.17, 15) is 8.42 Å². The second-order valence-corrected chi connectivity index (χ2v) is 6.85. The first-order valence-corrected chi connectivity index (χ1v) is 7.33. The van der Waals surface area contributed by atoms with Gasteiger partial charge in [0.15, 0.2) is 5.03 Å². The van der Waals surface area contributed by atoms with Crippen LogP contribution in [0.3, 0.4) is 0 Å². The van der Waals surface area contributed by atoms with Gasteiger partial charge in [-0.3, -0.25) is 4.68 Å². The molecule has 102 valence electrons. The van der Waals surface area contributed by atoms with Crippen molar-refractivity contribution in [3.8, 4) is 0 Å². The lowest BCUT2D eigenvalue weighted by molar-refractivity contribution is 0.438. The smallest absolute Gasteiger partial charge is 0.261 e. The fraction of sp³-hybridized carbons (Fsp3) is 0.556. The third kappa shape index (κ3) is 3.00. The van der Waals surface area contributed by atoms with Crippen molar-refractivity contribution in [3.63, 3.8) is 0 Å². The number of aromatic nitrogens is 2. The molecule has 0 bridgehead atoms. The summed E-state index contributed by atoms with van der Waals surface area (Å²) in [5, 5.41) is 3.86. The average Bonchev–Trinajstić information content (AvgIpc) is 2.58. The summed E-state index contributed by atoms with van der Waals surface area (Å²) < 4.78 is 27.0. The number of sulfonamides is 1. The number of hydrogen-bond donors (Lipinski definition) is 1. The molecule has 1 aromatic heterocycles. The molecule has 2 N–H and O–H groups in total. The lowest BCUT2D eigenvalue weighted by Crippen LogP contribution is -2.36. The maximum Gasteiger partial charge on any atom is 0.261 e. The number of rotatable bonds is 5. The van der Waals surface area contributed by atoms with Crippen LogP contribution in [-0.4, -0.2) is 41.1 Å². The van der Waals surface area contributed by atoms with Gasteiger partial charge in [-0.2, -0.15) is 9.40 Å². The predicted octanol–water partition coefficient (Wildman–Crippen LogP) is 0.616. The summed E-state index contributed by atoms with van der Waals surface area (Å²) in [6.45, 7) is 1.96. The summed E-state index contributed by atoms with van der Waals surface area (Å²) >= 11 is 10.7. The molecule has 0 amide bonds. The normalized spacial score (nSPS) is 13.8. The van der Waals surface area contributed by atoms with Gasteiger partial charge in [0, 0.05) is 26.6 Å². The molecule has 1 atom stereocenters. The lowest BCUT2D eigenvalue weighted by atomic mass is 10.2. The lowest BCUT2D eigenvalue weighted by Gasteiger charge is -2.20. The molecule has 0 aromatic carbocycles. The first-order valence-electron chi connectivity index (χ1n) is 5.11. The molecule has 1 heterocycles. The second-order valence-electron chi connectivity index (χ2n) is 4.01. The van der Waals surface area contributed by atoms with Crippen LogP contribution in [0.4, 0.5) is 0 Å². The summed E-state index contributed by atoms with van der Waals surface area (Å²) in [5.41, 5.74) is 5.47. The molecular formula is C9H15ClN4O2S2. The number of thiocarbonyl (C=S) groups is 1. The Hall–Kier alpha value is -0.700. The standard InChI is InChI=1S/C9H15ClN4O2S2/c1-6(8(11)17)5-13(2)18(15,16)9-7(10)4-12-14(9)3/h4,6H,5H2,1-3H3,(H2,11,17). The van der Waals surface area contributed by atoms with Crippen LogP contribution < -0.4 is 5.73 Å². The third-order valence-electron chi connectivity index (χ3n) is 2.51. The minimum Gasteiger partial charge on any atom is -0.393 e.